The second kappa shape index (κ2) is 6.04. The highest BCUT2D eigenvalue weighted by atomic mass is 32.1. The van der Waals surface area contributed by atoms with Gasteiger partial charge in [0.2, 0.25) is 5.13 Å². The highest BCUT2D eigenvalue weighted by Crippen LogP contribution is 2.38. The monoisotopic (exact) mass is 323 g/mol. The van der Waals surface area contributed by atoms with Crippen LogP contribution in [0.15, 0.2) is 42.6 Å². The molecule has 3 aromatic rings. The van der Waals surface area contributed by atoms with Gasteiger partial charge in [0.25, 0.3) is 0 Å². The summed E-state index contributed by atoms with van der Waals surface area (Å²) in [5.41, 5.74) is 3.05. The highest BCUT2D eigenvalue weighted by Gasteiger charge is 2.29. The van der Waals surface area contributed by atoms with Gasteiger partial charge in [0, 0.05) is 18.4 Å². The number of anilines is 1. The molecule has 0 radical (unpaired) electrons. The quantitative estimate of drug-likeness (QED) is 0.736. The van der Waals surface area contributed by atoms with Crippen LogP contribution in [0.2, 0.25) is 0 Å². The van der Waals surface area contributed by atoms with E-state index in [4.69, 9.17) is 4.98 Å². The fourth-order valence-corrected chi connectivity index (χ4v) is 3.87. The molecule has 0 aliphatic carbocycles. The molecule has 3 aromatic heterocycles. The third-order valence-corrected chi connectivity index (χ3v) is 5.03. The normalized spacial score (nSPS) is 17.6. The molecule has 0 bridgehead atoms. The van der Waals surface area contributed by atoms with E-state index in [2.05, 4.69) is 32.2 Å². The predicted molar refractivity (Wildman–Crippen MR) is 91.4 cm³/mol. The van der Waals surface area contributed by atoms with Crippen LogP contribution in [0, 0.1) is 6.92 Å². The molecule has 0 unspecified atom stereocenters. The zero-order valence-corrected chi connectivity index (χ0v) is 13.7. The summed E-state index contributed by atoms with van der Waals surface area (Å²) in [6.45, 7) is 3.03. The van der Waals surface area contributed by atoms with Crippen molar-refractivity contribution >= 4 is 16.5 Å². The number of hydrogen-bond donors (Lipinski definition) is 0. The number of rotatable bonds is 3. The molecule has 6 heteroatoms. The lowest BCUT2D eigenvalue weighted by Gasteiger charge is -2.23. The molecule has 0 N–H and O–H groups in total. The maximum atomic E-state index is 4.70. The third kappa shape index (κ3) is 2.82. The standard InChI is InChI=1S/C17H17N5S/c1-12-6-4-8-13(19-12)15-9-5-11-22(15)17-21-20-16(23-17)14-7-2-3-10-18-14/h2-4,6-8,10,15H,5,9,11H2,1H3/t15-/m0/s1. The Morgan fingerprint density at radius 1 is 1.13 bits per heavy atom. The Morgan fingerprint density at radius 3 is 2.91 bits per heavy atom. The van der Waals surface area contributed by atoms with Crippen LogP contribution in [0.1, 0.15) is 30.3 Å². The first kappa shape index (κ1) is 14.3. The molecule has 0 spiro atoms. The molecule has 116 valence electrons. The maximum Gasteiger partial charge on any atom is 0.209 e. The predicted octanol–water partition coefficient (Wildman–Crippen LogP) is 3.65. The van der Waals surface area contributed by atoms with Crippen LogP contribution in [-0.2, 0) is 0 Å². The van der Waals surface area contributed by atoms with Gasteiger partial charge in [-0.25, -0.2) is 0 Å². The average molecular weight is 323 g/mol. The van der Waals surface area contributed by atoms with Crippen molar-refractivity contribution in [1.82, 2.24) is 20.2 Å². The van der Waals surface area contributed by atoms with Crippen LogP contribution in [0.5, 0.6) is 0 Å². The number of hydrogen-bond acceptors (Lipinski definition) is 6. The summed E-state index contributed by atoms with van der Waals surface area (Å²) in [4.78, 5) is 11.4. The fraction of sp³-hybridized carbons (Fsp3) is 0.294. The van der Waals surface area contributed by atoms with E-state index in [9.17, 15) is 0 Å². The molecule has 4 heterocycles. The van der Waals surface area contributed by atoms with E-state index >= 15 is 0 Å². The van der Waals surface area contributed by atoms with E-state index in [0.717, 1.165) is 46.6 Å². The van der Waals surface area contributed by atoms with Crippen LogP contribution < -0.4 is 4.90 Å². The molecule has 1 fully saturated rings. The molecule has 23 heavy (non-hydrogen) atoms. The Balaban J connectivity index is 1.63. The number of pyridine rings is 2. The SMILES string of the molecule is Cc1cccc([C@@H]2CCCN2c2nnc(-c3ccccn3)s2)n1. The van der Waals surface area contributed by atoms with E-state index < -0.39 is 0 Å². The van der Waals surface area contributed by atoms with Gasteiger partial charge in [0.1, 0.15) is 5.69 Å². The third-order valence-electron chi connectivity index (χ3n) is 4.05. The average Bonchev–Trinajstić information content (AvgIpc) is 3.25. The first-order valence-corrected chi connectivity index (χ1v) is 8.58. The summed E-state index contributed by atoms with van der Waals surface area (Å²) < 4.78 is 0. The van der Waals surface area contributed by atoms with E-state index in [0.29, 0.717) is 6.04 Å². The van der Waals surface area contributed by atoms with Crippen molar-refractivity contribution in [3.8, 4) is 10.7 Å². The Bertz CT molecular complexity index is 802. The van der Waals surface area contributed by atoms with Gasteiger partial charge >= 0.3 is 0 Å². The summed E-state index contributed by atoms with van der Waals surface area (Å²) in [7, 11) is 0. The van der Waals surface area contributed by atoms with Crippen LogP contribution in [0.3, 0.4) is 0 Å². The number of aryl methyl sites for hydroxylation is 1. The Hall–Kier alpha value is -2.34. The molecule has 1 saturated heterocycles. The van der Waals surface area contributed by atoms with Crippen LogP contribution >= 0.6 is 11.3 Å². The molecular formula is C17H17N5S. The Morgan fingerprint density at radius 2 is 2.09 bits per heavy atom. The smallest absolute Gasteiger partial charge is 0.209 e. The molecule has 1 atom stereocenters. The second-order valence-corrected chi connectivity index (χ2v) is 6.62. The van der Waals surface area contributed by atoms with Gasteiger partial charge in [-0.15, -0.1) is 10.2 Å². The molecule has 4 rings (SSSR count). The van der Waals surface area contributed by atoms with E-state index in [1.807, 2.05) is 31.2 Å². The zero-order chi connectivity index (χ0) is 15.6. The van der Waals surface area contributed by atoms with Crippen LogP contribution in [-0.4, -0.2) is 26.7 Å². The minimum absolute atomic E-state index is 0.291. The summed E-state index contributed by atoms with van der Waals surface area (Å²) in [6.07, 6.45) is 4.04. The van der Waals surface area contributed by atoms with Crippen molar-refractivity contribution < 1.29 is 0 Å². The lowest BCUT2D eigenvalue weighted by atomic mass is 10.1. The summed E-state index contributed by atoms with van der Waals surface area (Å²) >= 11 is 1.60. The molecule has 1 aliphatic heterocycles. The van der Waals surface area contributed by atoms with Crippen LogP contribution in [0.25, 0.3) is 10.7 Å². The van der Waals surface area contributed by atoms with Crippen molar-refractivity contribution in [3.63, 3.8) is 0 Å². The van der Waals surface area contributed by atoms with E-state index in [-0.39, 0.29) is 0 Å². The van der Waals surface area contributed by atoms with Gasteiger partial charge in [-0.05, 0) is 44.0 Å². The first-order valence-electron chi connectivity index (χ1n) is 7.76. The van der Waals surface area contributed by atoms with Gasteiger partial charge in [0.15, 0.2) is 5.01 Å². The minimum atomic E-state index is 0.291. The first-order chi connectivity index (χ1) is 11.3. The van der Waals surface area contributed by atoms with Gasteiger partial charge in [0.05, 0.1) is 11.7 Å². The number of aromatic nitrogens is 4. The minimum Gasteiger partial charge on any atom is -0.338 e. The summed E-state index contributed by atoms with van der Waals surface area (Å²) in [5.74, 6) is 0. The Kier molecular flexibility index (Phi) is 3.75. The molecule has 0 aromatic carbocycles. The summed E-state index contributed by atoms with van der Waals surface area (Å²) in [6, 6.07) is 12.4. The largest absolute Gasteiger partial charge is 0.338 e. The van der Waals surface area contributed by atoms with Crippen molar-refractivity contribution in [3.05, 3.63) is 54.0 Å². The van der Waals surface area contributed by atoms with Gasteiger partial charge in [-0.3, -0.25) is 9.97 Å². The van der Waals surface area contributed by atoms with Gasteiger partial charge < -0.3 is 4.90 Å². The maximum absolute atomic E-state index is 4.70. The second-order valence-electron chi connectivity index (χ2n) is 5.66. The van der Waals surface area contributed by atoms with Crippen molar-refractivity contribution in [2.24, 2.45) is 0 Å². The van der Waals surface area contributed by atoms with Gasteiger partial charge in [-0.1, -0.05) is 23.5 Å². The molecule has 0 saturated carbocycles. The topological polar surface area (TPSA) is 54.8 Å². The van der Waals surface area contributed by atoms with Crippen molar-refractivity contribution in [2.45, 2.75) is 25.8 Å². The molecule has 1 aliphatic rings. The fourth-order valence-electron chi connectivity index (χ4n) is 2.98. The molecule has 0 amide bonds. The molecular weight excluding hydrogens is 306 g/mol. The van der Waals surface area contributed by atoms with Crippen molar-refractivity contribution in [2.75, 3.05) is 11.4 Å². The van der Waals surface area contributed by atoms with Gasteiger partial charge in [-0.2, -0.15) is 0 Å². The van der Waals surface area contributed by atoms with Crippen molar-refractivity contribution in [1.29, 1.82) is 0 Å². The van der Waals surface area contributed by atoms with Crippen LogP contribution in [0.4, 0.5) is 5.13 Å². The Labute approximate surface area is 139 Å². The summed E-state index contributed by atoms with van der Waals surface area (Å²) in [5, 5.41) is 10.5. The van der Waals surface area contributed by atoms with E-state index in [1.165, 1.54) is 0 Å². The number of nitrogens with zero attached hydrogens (tertiary/aromatic N) is 5. The highest BCUT2D eigenvalue weighted by molar-refractivity contribution is 7.18. The lowest BCUT2D eigenvalue weighted by Crippen LogP contribution is -2.23. The van der Waals surface area contributed by atoms with E-state index in [1.54, 1.807) is 17.5 Å². The zero-order valence-electron chi connectivity index (χ0n) is 12.9. The molecule has 5 nitrogen and oxygen atoms in total. The lowest BCUT2D eigenvalue weighted by molar-refractivity contribution is 0.687.